The lowest BCUT2D eigenvalue weighted by Gasteiger charge is -2.34. The summed E-state index contributed by atoms with van der Waals surface area (Å²) in [6.45, 7) is 16.3. The molecule has 1 aliphatic heterocycles. The molecule has 0 unspecified atom stereocenters. The lowest BCUT2D eigenvalue weighted by Crippen LogP contribution is -2.48. The number of carbonyl (C=O) groups is 2. The number of amides is 2. The first-order chi connectivity index (χ1) is 25.5. The van der Waals surface area contributed by atoms with Gasteiger partial charge in [0.05, 0.1) is 22.6 Å². The second-order valence-corrected chi connectivity index (χ2v) is 15.5. The number of benzene rings is 3. The second kappa shape index (κ2) is 15.7. The molecule has 2 aliphatic rings. The highest BCUT2D eigenvalue weighted by Crippen LogP contribution is 2.38. The lowest BCUT2D eigenvalue weighted by atomic mass is 9.96. The third-order valence-electron chi connectivity index (χ3n) is 9.73. The maximum absolute atomic E-state index is 15.1. The first kappa shape index (κ1) is 38.7. The van der Waals surface area contributed by atoms with Gasteiger partial charge in [0.2, 0.25) is 0 Å². The third-order valence-corrected chi connectivity index (χ3v) is 9.73. The fraction of sp³-hybridized carbons (Fsp3) is 0.381. The van der Waals surface area contributed by atoms with E-state index in [1.165, 1.54) is 50.0 Å². The van der Waals surface area contributed by atoms with Gasteiger partial charge in [-0.25, -0.2) is 23.5 Å². The molecule has 0 spiro atoms. The van der Waals surface area contributed by atoms with Crippen LogP contribution in [-0.4, -0.2) is 81.7 Å². The van der Waals surface area contributed by atoms with Crippen molar-refractivity contribution in [2.45, 2.75) is 65.7 Å². The zero-order chi connectivity index (χ0) is 38.8. The number of anilines is 1. The van der Waals surface area contributed by atoms with Crippen molar-refractivity contribution in [1.29, 1.82) is 0 Å². The van der Waals surface area contributed by atoms with E-state index in [0.717, 1.165) is 67.7 Å². The molecular formula is C42H48F2N6O4. The Morgan fingerprint density at radius 3 is 2.30 bits per heavy atom. The van der Waals surface area contributed by atoms with Gasteiger partial charge in [0, 0.05) is 69.0 Å². The van der Waals surface area contributed by atoms with E-state index < -0.39 is 28.7 Å². The van der Waals surface area contributed by atoms with E-state index >= 15 is 4.39 Å². The summed E-state index contributed by atoms with van der Waals surface area (Å²) in [7, 11) is 0. The number of aliphatic hydroxyl groups is 1. The molecule has 1 aliphatic carbocycles. The summed E-state index contributed by atoms with van der Waals surface area (Å²) in [5.41, 5.74) is 5.08. The number of piperazine rings is 1. The molecule has 6 rings (SSSR count). The van der Waals surface area contributed by atoms with Crippen LogP contribution in [0.2, 0.25) is 0 Å². The van der Waals surface area contributed by atoms with Crippen LogP contribution in [0.5, 0.6) is 0 Å². The summed E-state index contributed by atoms with van der Waals surface area (Å²) in [5.74, 6) is -2.10. The number of hydrogen-bond donors (Lipinski definition) is 3. The summed E-state index contributed by atoms with van der Waals surface area (Å²) in [4.78, 5) is 38.9. The molecule has 1 saturated heterocycles. The Hall–Kier alpha value is -5.04. The molecule has 1 fully saturated rings. The van der Waals surface area contributed by atoms with Crippen molar-refractivity contribution in [3.8, 4) is 11.3 Å². The molecule has 0 saturated carbocycles. The normalized spacial score (nSPS) is 15.1. The van der Waals surface area contributed by atoms with Gasteiger partial charge in [-0.2, -0.15) is 0 Å². The molecule has 12 heteroatoms. The standard InChI is InChI=1S/C42H48F2N6O4/c1-26-33(22-31(43)23-36(26)48-39(51)32-12-11-30(21-35(32)44)42(5,6)53)38-34-19-29(20-37(34)46-25-47-38)28-9-7-27(8-10-28)24-50-17-15-49(16-18-50)14-13-45-40(52)54-41(2,3)4/h7-12,19,21-23,25,53H,13-18,20,24H2,1-6H3,(H,45,52)(H,48,51). The number of aromatic nitrogens is 2. The molecular weight excluding hydrogens is 690 g/mol. The van der Waals surface area contributed by atoms with E-state index in [0.29, 0.717) is 35.3 Å². The Morgan fingerprint density at radius 1 is 0.926 bits per heavy atom. The monoisotopic (exact) mass is 738 g/mol. The zero-order valence-corrected chi connectivity index (χ0v) is 31.7. The van der Waals surface area contributed by atoms with E-state index in [2.05, 4.69) is 54.7 Å². The predicted molar refractivity (Wildman–Crippen MR) is 206 cm³/mol. The SMILES string of the molecule is Cc1c(NC(=O)c2ccc(C(C)(C)O)cc2F)cc(F)cc1-c1ncnc2c1C=C(c1ccc(CN3CCN(CCNC(=O)OC(C)(C)C)CC3)cc1)C2. The van der Waals surface area contributed by atoms with Crippen LogP contribution in [0.25, 0.3) is 22.9 Å². The summed E-state index contributed by atoms with van der Waals surface area (Å²) < 4.78 is 35.4. The summed E-state index contributed by atoms with van der Waals surface area (Å²) >= 11 is 0. The Bertz CT molecular complexity index is 2060. The largest absolute Gasteiger partial charge is 0.444 e. The minimum Gasteiger partial charge on any atom is -0.444 e. The molecule has 0 radical (unpaired) electrons. The van der Waals surface area contributed by atoms with Crippen LogP contribution in [0.15, 0.2) is 60.9 Å². The average Bonchev–Trinajstić information content (AvgIpc) is 3.54. The summed E-state index contributed by atoms with van der Waals surface area (Å²) in [6, 6.07) is 15.0. The van der Waals surface area contributed by atoms with Crippen LogP contribution in [0, 0.1) is 18.6 Å². The van der Waals surface area contributed by atoms with E-state index in [1.807, 2.05) is 26.8 Å². The maximum atomic E-state index is 15.1. The predicted octanol–water partition coefficient (Wildman–Crippen LogP) is 6.95. The number of ether oxygens (including phenoxy) is 1. The Morgan fingerprint density at radius 2 is 1.63 bits per heavy atom. The van der Waals surface area contributed by atoms with Crippen molar-refractivity contribution in [2.24, 2.45) is 0 Å². The van der Waals surface area contributed by atoms with Crippen molar-refractivity contribution in [2.75, 3.05) is 44.6 Å². The van der Waals surface area contributed by atoms with Gasteiger partial charge >= 0.3 is 6.09 Å². The fourth-order valence-corrected chi connectivity index (χ4v) is 6.74. The third kappa shape index (κ3) is 9.36. The fourth-order valence-electron chi connectivity index (χ4n) is 6.74. The van der Waals surface area contributed by atoms with E-state index in [1.54, 1.807) is 6.92 Å². The Balaban J connectivity index is 1.09. The number of nitrogens with one attached hydrogen (secondary N) is 2. The van der Waals surface area contributed by atoms with Gasteiger partial charge < -0.3 is 20.5 Å². The number of halogens is 2. The van der Waals surface area contributed by atoms with Crippen LogP contribution in [0.1, 0.15) is 78.5 Å². The smallest absolute Gasteiger partial charge is 0.407 e. The Labute approximate surface area is 315 Å². The van der Waals surface area contributed by atoms with Gasteiger partial charge in [-0.15, -0.1) is 0 Å². The Kier molecular flexibility index (Phi) is 11.3. The van der Waals surface area contributed by atoms with Crippen LogP contribution in [-0.2, 0) is 23.3 Å². The molecule has 54 heavy (non-hydrogen) atoms. The van der Waals surface area contributed by atoms with Gasteiger partial charge in [0.15, 0.2) is 0 Å². The van der Waals surface area contributed by atoms with Crippen LogP contribution in [0.3, 0.4) is 0 Å². The van der Waals surface area contributed by atoms with E-state index in [-0.39, 0.29) is 17.3 Å². The first-order valence-corrected chi connectivity index (χ1v) is 18.2. The molecule has 284 valence electrons. The molecule has 2 amide bonds. The van der Waals surface area contributed by atoms with Crippen LogP contribution < -0.4 is 10.6 Å². The van der Waals surface area contributed by atoms with Crippen molar-refractivity contribution < 1.29 is 28.2 Å². The number of rotatable bonds is 10. The summed E-state index contributed by atoms with van der Waals surface area (Å²) in [6.07, 6.45) is 3.71. The molecule has 0 atom stereocenters. The minimum atomic E-state index is -1.27. The highest BCUT2D eigenvalue weighted by atomic mass is 19.1. The highest BCUT2D eigenvalue weighted by Gasteiger charge is 2.25. The number of fused-ring (bicyclic) bond motifs is 1. The van der Waals surface area contributed by atoms with Crippen molar-refractivity contribution >= 4 is 29.3 Å². The maximum Gasteiger partial charge on any atom is 0.407 e. The molecule has 3 aromatic carbocycles. The van der Waals surface area contributed by atoms with Gasteiger partial charge in [-0.05, 0) is 99.7 Å². The first-order valence-electron chi connectivity index (χ1n) is 18.2. The number of carbonyl (C=O) groups excluding carboxylic acids is 2. The van der Waals surface area contributed by atoms with E-state index in [9.17, 15) is 19.1 Å². The zero-order valence-electron chi connectivity index (χ0n) is 31.7. The number of hydrogen-bond acceptors (Lipinski definition) is 8. The molecule has 2 heterocycles. The molecule has 3 N–H and O–H groups in total. The number of nitrogens with zero attached hydrogens (tertiary/aromatic N) is 4. The van der Waals surface area contributed by atoms with E-state index in [4.69, 9.17) is 4.74 Å². The quantitative estimate of drug-likeness (QED) is 0.160. The highest BCUT2D eigenvalue weighted by molar-refractivity contribution is 6.05. The molecule has 1 aromatic heterocycles. The lowest BCUT2D eigenvalue weighted by molar-refractivity contribution is 0.0515. The molecule has 10 nitrogen and oxygen atoms in total. The minimum absolute atomic E-state index is 0.197. The number of allylic oxidation sites excluding steroid dienone is 1. The number of alkyl carbamates (subject to hydrolysis) is 1. The second-order valence-electron chi connectivity index (χ2n) is 15.5. The van der Waals surface area contributed by atoms with Crippen molar-refractivity contribution in [1.82, 2.24) is 25.1 Å². The summed E-state index contributed by atoms with van der Waals surface area (Å²) in [5, 5.41) is 15.7. The van der Waals surface area contributed by atoms with Crippen LogP contribution >= 0.6 is 0 Å². The molecule has 4 aromatic rings. The van der Waals surface area contributed by atoms with Gasteiger partial charge in [-0.1, -0.05) is 30.3 Å². The van der Waals surface area contributed by atoms with Gasteiger partial charge in [0.25, 0.3) is 5.91 Å². The van der Waals surface area contributed by atoms with Crippen LogP contribution in [0.4, 0.5) is 19.3 Å². The van der Waals surface area contributed by atoms with Gasteiger partial charge in [0.1, 0.15) is 23.6 Å². The van der Waals surface area contributed by atoms with Crippen molar-refractivity contribution in [3.05, 3.63) is 112 Å². The molecule has 0 bridgehead atoms. The topological polar surface area (TPSA) is 120 Å². The average molecular weight is 739 g/mol. The van der Waals surface area contributed by atoms with Crippen molar-refractivity contribution in [3.63, 3.8) is 0 Å². The van der Waals surface area contributed by atoms with Gasteiger partial charge in [-0.3, -0.25) is 14.6 Å².